The molecule has 1 N–H and O–H groups in total. The first-order valence-corrected chi connectivity index (χ1v) is 9.74. The van der Waals surface area contributed by atoms with Gasteiger partial charge >= 0.3 is 6.01 Å². The van der Waals surface area contributed by atoms with Crippen LogP contribution in [0.15, 0.2) is 83.3 Å². The number of anilines is 1. The molecule has 6 heteroatoms. The van der Waals surface area contributed by atoms with E-state index in [0.717, 1.165) is 17.7 Å². The van der Waals surface area contributed by atoms with Gasteiger partial charge in [0.25, 0.3) is 5.91 Å². The van der Waals surface area contributed by atoms with Crippen molar-refractivity contribution in [3.63, 3.8) is 0 Å². The Balaban J connectivity index is 1.35. The van der Waals surface area contributed by atoms with Gasteiger partial charge < -0.3 is 9.15 Å². The first-order chi connectivity index (χ1) is 14.7. The summed E-state index contributed by atoms with van der Waals surface area (Å²) in [6.07, 6.45) is 1.51. The van der Waals surface area contributed by atoms with Gasteiger partial charge in [-0.15, -0.1) is 5.10 Å². The Morgan fingerprint density at radius 3 is 2.23 bits per heavy atom. The minimum Gasteiger partial charge on any atom is -0.457 e. The Morgan fingerprint density at radius 1 is 0.867 bits per heavy atom. The van der Waals surface area contributed by atoms with Crippen molar-refractivity contribution in [3.8, 4) is 11.5 Å². The molecule has 6 nitrogen and oxygen atoms in total. The number of nitrogens with one attached hydrogen (secondary N) is 1. The zero-order valence-corrected chi connectivity index (χ0v) is 16.5. The second-order valence-corrected chi connectivity index (χ2v) is 6.74. The van der Waals surface area contributed by atoms with E-state index < -0.39 is 0 Å². The van der Waals surface area contributed by atoms with Crippen LogP contribution in [-0.4, -0.2) is 16.1 Å². The summed E-state index contributed by atoms with van der Waals surface area (Å²) >= 11 is 0. The van der Waals surface area contributed by atoms with Crippen LogP contribution in [0.4, 0.5) is 6.01 Å². The van der Waals surface area contributed by atoms with Crippen molar-refractivity contribution in [2.45, 2.75) is 19.8 Å². The van der Waals surface area contributed by atoms with Crippen LogP contribution >= 0.6 is 0 Å². The van der Waals surface area contributed by atoms with Gasteiger partial charge in [0.1, 0.15) is 11.5 Å². The number of para-hydroxylation sites is 1. The number of aromatic nitrogens is 2. The Labute approximate surface area is 174 Å². The highest BCUT2D eigenvalue weighted by Gasteiger charge is 2.12. The number of rotatable bonds is 7. The molecule has 4 aromatic rings. The highest BCUT2D eigenvalue weighted by molar-refractivity contribution is 6.03. The van der Waals surface area contributed by atoms with Crippen LogP contribution < -0.4 is 10.1 Å². The van der Waals surface area contributed by atoms with E-state index in [1.54, 1.807) is 24.3 Å². The lowest BCUT2D eigenvalue weighted by Crippen LogP contribution is -2.11. The molecule has 0 unspecified atom stereocenters. The van der Waals surface area contributed by atoms with Crippen molar-refractivity contribution in [1.82, 2.24) is 10.2 Å². The molecule has 0 spiro atoms. The number of amides is 1. The van der Waals surface area contributed by atoms with Crippen LogP contribution in [0.2, 0.25) is 0 Å². The normalized spacial score (nSPS) is 10.6. The second kappa shape index (κ2) is 9.05. The van der Waals surface area contributed by atoms with Gasteiger partial charge in [0.2, 0.25) is 5.89 Å². The third-order valence-corrected chi connectivity index (χ3v) is 4.57. The Kier molecular flexibility index (Phi) is 5.85. The molecular formula is C24H21N3O3. The highest BCUT2D eigenvalue weighted by Crippen LogP contribution is 2.21. The number of hydrogen-bond acceptors (Lipinski definition) is 5. The minimum atomic E-state index is -0.330. The molecular weight excluding hydrogens is 378 g/mol. The molecule has 0 fully saturated rings. The molecule has 1 amide bonds. The number of carbonyl (C=O) groups is 1. The Bertz CT molecular complexity index is 1100. The molecule has 0 saturated carbocycles. The lowest BCUT2D eigenvalue weighted by molar-refractivity contribution is 0.102. The molecule has 0 bridgehead atoms. The summed E-state index contributed by atoms with van der Waals surface area (Å²) in [6.45, 7) is 2.12. The van der Waals surface area contributed by atoms with E-state index in [1.165, 1.54) is 5.56 Å². The van der Waals surface area contributed by atoms with E-state index in [2.05, 4.69) is 34.6 Å². The molecule has 30 heavy (non-hydrogen) atoms. The van der Waals surface area contributed by atoms with E-state index in [9.17, 15) is 4.79 Å². The van der Waals surface area contributed by atoms with E-state index in [-0.39, 0.29) is 11.9 Å². The molecule has 0 atom stereocenters. The summed E-state index contributed by atoms with van der Waals surface area (Å²) in [4.78, 5) is 12.4. The van der Waals surface area contributed by atoms with Crippen LogP contribution in [0.5, 0.6) is 11.5 Å². The van der Waals surface area contributed by atoms with Gasteiger partial charge in [-0.25, -0.2) is 0 Å². The average molecular weight is 399 g/mol. The summed E-state index contributed by atoms with van der Waals surface area (Å²) in [5.74, 6) is 1.49. The zero-order valence-electron chi connectivity index (χ0n) is 16.5. The maximum atomic E-state index is 12.4. The van der Waals surface area contributed by atoms with Crippen LogP contribution in [0, 0.1) is 0 Å². The van der Waals surface area contributed by atoms with Crippen LogP contribution in [0.25, 0.3) is 0 Å². The van der Waals surface area contributed by atoms with Crippen molar-refractivity contribution in [2.75, 3.05) is 5.32 Å². The predicted molar refractivity (Wildman–Crippen MR) is 114 cm³/mol. The van der Waals surface area contributed by atoms with Crippen LogP contribution in [0.3, 0.4) is 0 Å². The third-order valence-electron chi connectivity index (χ3n) is 4.57. The average Bonchev–Trinajstić information content (AvgIpc) is 3.22. The van der Waals surface area contributed by atoms with Crippen molar-refractivity contribution in [2.24, 2.45) is 0 Å². The second-order valence-electron chi connectivity index (χ2n) is 6.74. The largest absolute Gasteiger partial charge is 0.457 e. The summed E-state index contributed by atoms with van der Waals surface area (Å²) in [5, 5.41) is 10.6. The summed E-state index contributed by atoms with van der Waals surface area (Å²) in [5.41, 5.74) is 2.81. The van der Waals surface area contributed by atoms with Gasteiger partial charge in [-0.05, 0) is 53.9 Å². The number of nitrogens with zero attached hydrogens (tertiary/aromatic N) is 2. The quantitative estimate of drug-likeness (QED) is 0.458. The van der Waals surface area contributed by atoms with Gasteiger partial charge in [0, 0.05) is 5.56 Å². The molecule has 0 aliphatic rings. The van der Waals surface area contributed by atoms with Crippen molar-refractivity contribution < 1.29 is 13.9 Å². The summed E-state index contributed by atoms with van der Waals surface area (Å²) in [6, 6.07) is 24.6. The molecule has 150 valence electrons. The minimum absolute atomic E-state index is 0.0739. The molecule has 1 heterocycles. The number of hydrogen-bond donors (Lipinski definition) is 1. The highest BCUT2D eigenvalue weighted by atomic mass is 16.5. The van der Waals surface area contributed by atoms with E-state index in [0.29, 0.717) is 23.6 Å². The van der Waals surface area contributed by atoms with Gasteiger partial charge in [-0.1, -0.05) is 54.5 Å². The maximum Gasteiger partial charge on any atom is 0.322 e. The molecule has 3 aromatic carbocycles. The standard InChI is InChI=1S/C24H21N3O3/c1-2-17-8-10-18(11-9-17)16-22-26-27-24(30-22)25-23(28)19-12-14-21(15-13-19)29-20-6-4-3-5-7-20/h3-15H,2,16H2,1H3,(H,25,27,28). The van der Waals surface area contributed by atoms with E-state index in [4.69, 9.17) is 9.15 Å². The maximum absolute atomic E-state index is 12.4. The number of ether oxygens (including phenoxy) is 1. The van der Waals surface area contributed by atoms with Gasteiger partial charge in [0.05, 0.1) is 6.42 Å². The lowest BCUT2D eigenvalue weighted by Gasteiger charge is -2.06. The fourth-order valence-corrected chi connectivity index (χ4v) is 2.91. The zero-order chi connectivity index (χ0) is 20.8. The molecule has 0 saturated heterocycles. The van der Waals surface area contributed by atoms with Crippen molar-refractivity contribution in [1.29, 1.82) is 0 Å². The van der Waals surface area contributed by atoms with Gasteiger partial charge in [0.15, 0.2) is 0 Å². The monoisotopic (exact) mass is 399 g/mol. The Hall–Kier alpha value is -3.93. The molecule has 0 aliphatic heterocycles. The fraction of sp³-hybridized carbons (Fsp3) is 0.125. The van der Waals surface area contributed by atoms with E-state index in [1.807, 2.05) is 42.5 Å². The smallest absolute Gasteiger partial charge is 0.322 e. The first-order valence-electron chi connectivity index (χ1n) is 9.74. The molecule has 1 aromatic heterocycles. The van der Waals surface area contributed by atoms with Crippen molar-refractivity contribution >= 4 is 11.9 Å². The van der Waals surface area contributed by atoms with Gasteiger partial charge in [-0.3, -0.25) is 10.1 Å². The topological polar surface area (TPSA) is 77.2 Å². The van der Waals surface area contributed by atoms with Gasteiger partial charge in [-0.2, -0.15) is 0 Å². The fourth-order valence-electron chi connectivity index (χ4n) is 2.91. The number of aryl methyl sites for hydroxylation is 1. The molecule has 0 radical (unpaired) electrons. The third kappa shape index (κ3) is 4.91. The van der Waals surface area contributed by atoms with E-state index >= 15 is 0 Å². The predicted octanol–water partition coefficient (Wildman–Crippen LogP) is 5.27. The molecule has 0 aliphatic carbocycles. The SMILES string of the molecule is CCc1ccc(Cc2nnc(NC(=O)c3ccc(Oc4ccccc4)cc3)o2)cc1. The number of carbonyl (C=O) groups excluding carboxylic acids is 1. The van der Waals surface area contributed by atoms with Crippen LogP contribution in [0.1, 0.15) is 34.3 Å². The lowest BCUT2D eigenvalue weighted by atomic mass is 10.1. The summed E-state index contributed by atoms with van der Waals surface area (Å²) < 4.78 is 11.3. The Morgan fingerprint density at radius 2 is 1.53 bits per heavy atom. The first kappa shape index (κ1) is 19.4. The summed E-state index contributed by atoms with van der Waals surface area (Å²) in [7, 11) is 0. The molecule has 4 rings (SSSR count). The van der Waals surface area contributed by atoms with Crippen LogP contribution in [-0.2, 0) is 12.8 Å². The number of benzene rings is 3. The van der Waals surface area contributed by atoms with Crippen molar-refractivity contribution in [3.05, 3.63) is 101 Å².